The number of hydrogen-bond acceptors (Lipinski definition) is 9. The van der Waals surface area contributed by atoms with Gasteiger partial charge in [0.25, 0.3) is 0 Å². The summed E-state index contributed by atoms with van der Waals surface area (Å²) in [5.41, 5.74) is -0.114. The number of carbonyl (C=O) groups is 5. The van der Waals surface area contributed by atoms with Gasteiger partial charge in [-0.25, -0.2) is 9.59 Å². The molecule has 3 amide bonds. The van der Waals surface area contributed by atoms with Crippen molar-refractivity contribution in [1.29, 1.82) is 0 Å². The van der Waals surface area contributed by atoms with Crippen molar-refractivity contribution in [3.63, 3.8) is 0 Å². The highest BCUT2D eigenvalue weighted by atomic mass is 32.2. The van der Waals surface area contributed by atoms with E-state index >= 15 is 0 Å². The topological polar surface area (TPSA) is 154 Å². The molecule has 3 aliphatic heterocycles. The van der Waals surface area contributed by atoms with Crippen LogP contribution in [0.4, 0.5) is 4.79 Å². The molecule has 2 N–H and O–H groups in total. The minimum absolute atomic E-state index is 0.0907. The Labute approximate surface area is 213 Å². The average molecular weight is 528 g/mol. The van der Waals surface area contributed by atoms with Crippen LogP contribution in [0.2, 0.25) is 0 Å². The van der Waals surface area contributed by atoms with Gasteiger partial charge in [-0.3, -0.25) is 19.3 Å². The molecule has 3 aliphatic rings. The van der Waals surface area contributed by atoms with E-state index in [9.17, 15) is 34.2 Å². The number of aliphatic hydroxyl groups is 1. The van der Waals surface area contributed by atoms with Crippen LogP contribution in [-0.4, -0.2) is 106 Å². The molecule has 0 unspecified atom stereocenters. The summed E-state index contributed by atoms with van der Waals surface area (Å²) in [6.07, 6.45) is -1.50. The number of aliphatic carboxylic acids is 1. The Morgan fingerprint density at radius 1 is 1.17 bits per heavy atom. The number of nitrogens with zero attached hydrogens (tertiary/aromatic N) is 3. The van der Waals surface area contributed by atoms with Crippen molar-refractivity contribution in [2.45, 2.75) is 57.6 Å². The second-order valence-electron chi connectivity index (χ2n) is 9.79. The molecule has 0 bridgehead atoms. The van der Waals surface area contributed by atoms with Crippen molar-refractivity contribution in [2.75, 3.05) is 27.4 Å². The molecule has 13 heteroatoms. The monoisotopic (exact) mass is 527 g/mol. The van der Waals surface area contributed by atoms with Crippen LogP contribution in [0, 0.1) is 17.8 Å². The smallest absolute Gasteiger partial charge is 0.413 e. The zero-order chi connectivity index (χ0) is 27.1. The van der Waals surface area contributed by atoms with Crippen LogP contribution in [0.1, 0.15) is 34.1 Å². The van der Waals surface area contributed by atoms with Gasteiger partial charge in [-0.1, -0.05) is 20.8 Å². The number of thioether (sulfide) groups is 1. The molecule has 0 aromatic heterocycles. The van der Waals surface area contributed by atoms with Crippen LogP contribution in [0.5, 0.6) is 0 Å². The fraction of sp³-hybridized carbons (Fsp3) is 0.696. The minimum Gasteiger partial charge on any atom is -0.477 e. The van der Waals surface area contributed by atoms with Crippen LogP contribution in [0.25, 0.3) is 0 Å². The van der Waals surface area contributed by atoms with Gasteiger partial charge < -0.3 is 29.5 Å². The van der Waals surface area contributed by atoms with E-state index in [2.05, 4.69) is 0 Å². The molecule has 2 fully saturated rings. The van der Waals surface area contributed by atoms with E-state index in [-0.39, 0.29) is 35.7 Å². The number of likely N-dealkylation sites (tertiary alicyclic amines) is 1. The molecule has 0 aliphatic carbocycles. The number of fused-ring (bicyclic) bond motifs is 1. The molecule has 2 saturated heterocycles. The molecule has 3 rings (SSSR count). The molecule has 3 heterocycles. The molecule has 0 aromatic rings. The second kappa shape index (κ2) is 10.7. The molecule has 200 valence electrons. The van der Waals surface area contributed by atoms with E-state index in [4.69, 9.17) is 9.47 Å². The summed E-state index contributed by atoms with van der Waals surface area (Å²) in [5.74, 6) is -3.94. The number of rotatable bonds is 8. The van der Waals surface area contributed by atoms with Gasteiger partial charge in [0.2, 0.25) is 18.6 Å². The Morgan fingerprint density at radius 2 is 1.81 bits per heavy atom. The van der Waals surface area contributed by atoms with E-state index in [1.54, 1.807) is 27.9 Å². The van der Waals surface area contributed by atoms with Crippen molar-refractivity contribution in [1.82, 2.24) is 14.7 Å². The number of carboxylic acids is 1. The van der Waals surface area contributed by atoms with Gasteiger partial charge in [-0.15, -0.1) is 11.8 Å². The van der Waals surface area contributed by atoms with Gasteiger partial charge in [0.05, 0.1) is 24.0 Å². The van der Waals surface area contributed by atoms with Crippen LogP contribution >= 0.6 is 11.8 Å². The van der Waals surface area contributed by atoms with Crippen molar-refractivity contribution < 1.29 is 43.7 Å². The van der Waals surface area contributed by atoms with Crippen molar-refractivity contribution in [3.8, 4) is 0 Å². The summed E-state index contributed by atoms with van der Waals surface area (Å²) >= 11 is 1.23. The Kier molecular flexibility index (Phi) is 8.23. The molecule has 0 spiro atoms. The first-order chi connectivity index (χ1) is 16.8. The highest BCUT2D eigenvalue weighted by Crippen LogP contribution is 2.52. The lowest BCUT2D eigenvalue weighted by Crippen LogP contribution is -2.63. The van der Waals surface area contributed by atoms with Gasteiger partial charge in [-0.05, 0) is 13.3 Å². The van der Waals surface area contributed by atoms with Crippen LogP contribution < -0.4 is 0 Å². The van der Waals surface area contributed by atoms with Gasteiger partial charge in [-0.2, -0.15) is 0 Å². The largest absolute Gasteiger partial charge is 0.477 e. The number of ether oxygens (including phenoxy) is 2. The summed E-state index contributed by atoms with van der Waals surface area (Å²) in [4.78, 5) is 66.2. The van der Waals surface area contributed by atoms with Crippen molar-refractivity contribution >= 4 is 41.6 Å². The lowest BCUT2D eigenvalue weighted by Gasteiger charge is -2.46. The first-order valence-corrected chi connectivity index (χ1v) is 12.6. The van der Waals surface area contributed by atoms with E-state index < -0.39 is 60.8 Å². The standard InChI is InChI=1S/C23H33N3O9S/c1-10(2)22(32)34-9-35-23(33)25-8-13(7-14(25)19(28)24(5)6)36-18-11(3)16-15(12(4)27)20(29)26(16)17(18)21(30)31/h10-16,27H,7-9H2,1-6H3,(H,30,31)/t11-,12-,13+,14+,15-,16-/m1/s1. The maximum absolute atomic E-state index is 12.8. The zero-order valence-corrected chi connectivity index (χ0v) is 22.0. The molecule has 0 saturated carbocycles. The molecule has 6 atom stereocenters. The third-order valence-electron chi connectivity index (χ3n) is 6.68. The molecular weight excluding hydrogens is 494 g/mol. The first kappa shape index (κ1) is 27.8. The van der Waals surface area contributed by atoms with E-state index in [0.29, 0.717) is 4.91 Å². The highest BCUT2D eigenvalue weighted by Gasteiger charge is 2.60. The predicted molar refractivity (Wildman–Crippen MR) is 127 cm³/mol. The molecule has 36 heavy (non-hydrogen) atoms. The van der Waals surface area contributed by atoms with Gasteiger partial charge in [0.1, 0.15) is 11.7 Å². The first-order valence-electron chi connectivity index (χ1n) is 11.7. The lowest BCUT2D eigenvalue weighted by molar-refractivity contribution is -0.163. The summed E-state index contributed by atoms with van der Waals surface area (Å²) in [6, 6.07) is -1.30. The molecule has 0 radical (unpaired) electrons. The number of carboxylic acid groups (broad SMARTS) is 1. The predicted octanol–water partition coefficient (Wildman–Crippen LogP) is 0.698. The minimum atomic E-state index is -1.24. The van der Waals surface area contributed by atoms with Gasteiger partial charge >= 0.3 is 18.0 Å². The average Bonchev–Trinajstić information content (AvgIpc) is 3.30. The Balaban J connectivity index is 1.78. The third kappa shape index (κ3) is 5.03. The highest BCUT2D eigenvalue weighted by molar-refractivity contribution is 8.03. The fourth-order valence-corrected chi connectivity index (χ4v) is 6.39. The second-order valence-corrected chi connectivity index (χ2v) is 11.1. The normalized spacial score (nSPS) is 28.1. The number of hydrogen-bond donors (Lipinski definition) is 2. The Bertz CT molecular complexity index is 980. The molecular formula is C23H33N3O9S. The summed E-state index contributed by atoms with van der Waals surface area (Å²) in [6.45, 7) is 6.11. The number of β-lactam (4-membered cyclic amide) rings is 1. The Hall–Kier alpha value is -2.80. The quantitative estimate of drug-likeness (QED) is 0.262. The number of amides is 3. The lowest BCUT2D eigenvalue weighted by atomic mass is 9.79. The number of carbonyl (C=O) groups excluding carboxylic acids is 4. The maximum atomic E-state index is 12.8. The fourth-order valence-electron chi connectivity index (χ4n) is 4.86. The SMILES string of the molecule is CC(C)C(=O)OCOC(=O)N1C[C@@H](SC2=C(C(=O)O)N3C(=O)[C@H]([C@@H](C)O)[C@H]3[C@H]2C)C[C@H]1C(=O)N(C)C. The van der Waals surface area contributed by atoms with Crippen LogP contribution in [-0.2, 0) is 28.7 Å². The van der Waals surface area contributed by atoms with Gasteiger partial charge in [0, 0.05) is 36.7 Å². The van der Waals surface area contributed by atoms with E-state index in [1.807, 2.05) is 6.92 Å². The van der Waals surface area contributed by atoms with Crippen molar-refractivity contribution in [2.24, 2.45) is 17.8 Å². The number of esters is 1. The molecule has 0 aromatic carbocycles. The summed E-state index contributed by atoms with van der Waals surface area (Å²) in [7, 11) is 3.13. The van der Waals surface area contributed by atoms with E-state index in [1.165, 1.54) is 33.4 Å². The zero-order valence-electron chi connectivity index (χ0n) is 21.2. The Morgan fingerprint density at radius 3 is 2.33 bits per heavy atom. The van der Waals surface area contributed by atoms with Crippen LogP contribution in [0.15, 0.2) is 10.6 Å². The summed E-state index contributed by atoms with van der Waals surface area (Å²) < 4.78 is 9.98. The maximum Gasteiger partial charge on any atom is 0.413 e. The van der Waals surface area contributed by atoms with Gasteiger partial charge in [0.15, 0.2) is 0 Å². The van der Waals surface area contributed by atoms with E-state index in [0.717, 1.165) is 0 Å². The number of likely N-dealkylation sites (N-methyl/N-ethyl adjacent to an activating group) is 1. The third-order valence-corrected chi connectivity index (χ3v) is 8.18. The van der Waals surface area contributed by atoms with Crippen molar-refractivity contribution in [3.05, 3.63) is 10.6 Å². The van der Waals surface area contributed by atoms with Crippen LogP contribution in [0.3, 0.4) is 0 Å². The summed E-state index contributed by atoms with van der Waals surface area (Å²) in [5, 5.41) is 19.5. The number of aliphatic hydroxyl groups excluding tert-OH is 1. The molecule has 12 nitrogen and oxygen atoms in total.